The molecule has 6 nitrogen and oxygen atoms in total. The van der Waals surface area contributed by atoms with Crippen LogP contribution in [-0.4, -0.2) is 37.0 Å². The number of furan rings is 1. The zero-order valence-corrected chi connectivity index (χ0v) is 14.3. The van der Waals surface area contributed by atoms with Crippen LogP contribution >= 0.6 is 11.8 Å². The molecule has 2 aromatic heterocycles. The second kappa shape index (κ2) is 6.31. The molecule has 0 saturated carbocycles. The Labute approximate surface area is 138 Å². The third-order valence-electron chi connectivity index (χ3n) is 3.26. The zero-order valence-electron chi connectivity index (χ0n) is 12.6. The van der Waals surface area contributed by atoms with Crippen molar-refractivity contribution in [3.05, 3.63) is 48.4 Å². The number of nitrogens with zero attached hydrogens (tertiary/aromatic N) is 3. The summed E-state index contributed by atoms with van der Waals surface area (Å²) in [6.07, 6.45) is 1.72. The Morgan fingerprint density at radius 3 is 2.74 bits per heavy atom. The highest BCUT2D eigenvalue weighted by Gasteiger charge is 2.21. The summed E-state index contributed by atoms with van der Waals surface area (Å²) < 4.78 is 30.6. The lowest BCUT2D eigenvalue weighted by Gasteiger charge is -2.07. The second-order valence-electron chi connectivity index (χ2n) is 5.03. The first kappa shape index (κ1) is 16.0. The number of benzene rings is 1. The molecular weight excluding hydrogens is 334 g/mol. The first-order chi connectivity index (χ1) is 11.0. The smallest absolute Gasteiger partial charge is 0.275 e. The van der Waals surface area contributed by atoms with Gasteiger partial charge in [0.1, 0.15) is 10.8 Å². The summed E-state index contributed by atoms with van der Waals surface area (Å²) in [7, 11) is -0.604. The molecule has 2 heterocycles. The van der Waals surface area contributed by atoms with Crippen LogP contribution in [0.3, 0.4) is 0 Å². The highest BCUT2D eigenvalue weighted by molar-refractivity contribution is 7.98. The fraction of sp³-hybridized carbons (Fsp3) is 0.200. The van der Waals surface area contributed by atoms with Gasteiger partial charge >= 0.3 is 0 Å². The molecule has 0 aliphatic carbocycles. The summed E-state index contributed by atoms with van der Waals surface area (Å²) in [6, 6.07) is 11.0. The van der Waals surface area contributed by atoms with E-state index in [1.807, 2.05) is 24.3 Å². The molecule has 0 fully saturated rings. The van der Waals surface area contributed by atoms with Crippen LogP contribution in [0, 0.1) is 0 Å². The first-order valence-electron chi connectivity index (χ1n) is 6.83. The van der Waals surface area contributed by atoms with Gasteiger partial charge in [0.25, 0.3) is 10.0 Å². The molecule has 0 aliphatic rings. The number of aromatic nitrogens is 2. The molecule has 0 aliphatic heterocycles. The molecule has 23 heavy (non-hydrogen) atoms. The van der Waals surface area contributed by atoms with Gasteiger partial charge in [0, 0.05) is 24.9 Å². The first-order valence-corrected chi connectivity index (χ1v) is 9.25. The average Bonchev–Trinajstić information content (AvgIpc) is 3.02. The minimum atomic E-state index is -3.54. The van der Waals surface area contributed by atoms with E-state index < -0.39 is 10.0 Å². The predicted octanol–water partition coefficient (Wildman–Crippen LogP) is 2.77. The van der Waals surface area contributed by atoms with E-state index in [9.17, 15) is 8.42 Å². The summed E-state index contributed by atoms with van der Waals surface area (Å²) >= 11 is 1.46. The van der Waals surface area contributed by atoms with Gasteiger partial charge in [0.2, 0.25) is 5.09 Å². The fourth-order valence-electron chi connectivity index (χ4n) is 2.00. The van der Waals surface area contributed by atoms with Gasteiger partial charge in [-0.1, -0.05) is 36.0 Å². The third-order valence-corrected chi connectivity index (χ3v) is 5.95. The Balaban J connectivity index is 1.80. The van der Waals surface area contributed by atoms with Crippen LogP contribution in [-0.2, 0) is 15.8 Å². The Bertz CT molecular complexity index is 931. The van der Waals surface area contributed by atoms with Crippen molar-refractivity contribution in [1.29, 1.82) is 0 Å². The maximum absolute atomic E-state index is 12.0. The Hall–Kier alpha value is -1.90. The molecule has 0 atom stereocenters. The normalized spacial score (nSPS) is 12.1. The second-order valence-corrected chi connectivity index (χ2v) is 8.08. The average molecular weight is 349 g/mol. The molecule has 0 N–H and O–H groups in total. The lowest BCUT2D eigenvalue weighted by molar-refractivity contribution is 0.408. The SMILES string of the molecule is CN(C)S(=O)(=O)c1ccc(CSc2nncc3ccccc23)o1. The fourth-order valence-corrected chi connectivity index (χ4v) is 3.69. The van der Waals surface area contributed by atoms with Crippen LogP contribution in [0.15, 0.2) is 57.1 Å². The van der Waals surface area contributed by atoms with E-state index in [0.717, 1.165) is 20.1 Å². The van der Waals surface area contributed by atoms with Crippen molar-refractivity contribution in [2.45, 2.75) is 15.9 Å². The van der Waals surface area contributed by atoms with Gasteiger partial charge in [-0.2, -0.15) is 5.10 Å². The summed E-state index contributed by atoms with van der Waals surface area (Å²) in [4.78, 5) is 0. The molecule has 120 valence electrons. The van der Waals surface area contributed by atoms with Gasteiger partial charge in [0.15, 0.2) is 0 Å². The molecule has 0 unspecified atom stereocenters. The van der Waals surface area contributed by atoms with Crippen LogP contribution in [0.1, 0.15) is 5.76 Å². The van der Waals surface area contributed by atoms with Crippen molar-refractivity contribution in [3.8, 4) is 0 Å². The molecule has 0 amide bonds. The van der Waals surface area contributed by atoms with Crippen LogP contribution in [0.4, 0.5) is 0 Å². The molecule has 8 heteroatoms. The lowest BCUT2D eigenvalue weighted by Crippen LogP contribution is -2.21. The molecular formula is C15H15N3O3S2. The number of sulfonamides is 1. The van der Waals surface area contributed by atoms with Crippen molar-refractivity contribution in [1.82, 2.24) is 14.5 Å². The lowest BCUT2D eigenvalue weighted by atomic mass is 10.2. The van der Waals surface area contributed by atoms with Crippen molar-refractivity contribution in [2.75, 3.05) is 14.1 Å². The van der Waals surface area contributed by atoms with E-state index in [-0.39, 0.29) is 5.09 Å². The van der Waals surface area contributed by atoms with Crippen LogP contribution in [0.25, 0.3) is 10.8 Å². The predicted molar refractivity (Wildman–Crippen MR) is 88.7 cm³/mol. The monoisotopic (exact) mass is 349 g/mol. The van der Waals surface area contributed by atoms with Gasteiger partial charge in [-0.15, -0.1) is 5.10 Å². The minimum absolute atomic E-state index is 0.0536. The number of fused-ring (bicyclic) bond motifs is 1. The Kier molecular flexibility index (Phi) is 4.38. The topological polar surface area (TPSA) is 76.3 Å². The largest absolute Gasteiger partial charge is 0.447 e. The maximum atomic E-state index is 12.0. The van der Waals surface area contributed by atoms with E-state index in [4.69, 9.17) is 4.42 Å². The summed E-state index contributed by atoms with van der Waals surface area (Å²) in [5.74, 6) is 1.05. The van der Waals surface area contributed by atoms with Gasteiger partial charge in [-0.25, -0.2) is 12.7 Å². The van der Waals surface area contributed by atoms with Crippen LogP contribution < -0.4 is 0 Å². The van der Waals surface area contributed by atoms with E-state index in [1.54, 1.807) is 12.3 Å². The van der Waals surface area contributed by atoms with E-state index in [1.165, 1.54) is 31.9 Å². The van der Waals surface area contributed by atoms with Crippen molar-refractivity contribution in [3.63, 3.8) is 0 Å². The van der Waals surface area contributed by atoms with Crippen LogP contribution in [0.2, 0.25) is 0 Å². The maximum Gasteiger partial charge on any atom is 0.275 e. The molecule has 0 radical (unpaired) electrons. The molecule has 3 aromatic rings. The van der Waals surface area contributed by atoms with E-state index in [0.29, 0.717) is 11.5 Å². The van der Waals surface area contributed by atoms with Gasteiger partial charge < -0.3 is 4.42 Å². The summed E-state index contributed by atoms with van der Waals surface area (Å²) in [5, 5.41) is 10.9. The molecule has 0 bridgehead atoms. The van der Waals surface area contributed by atoms with Crippen LogP contribution in [0.5, 0.6) is 0 Å². The molecule has 0 spiro atoms. The minimum Gasteiger partial charge on any atom is -0.447 e. The van der Waals surface area contributed by atoms with E-state index >= 15 is 0 Å². The van der Waals surface area contributed by atoms with Gasteiger partial charge in [-0.3, -0.25) is 0 Å². The van der Waals surface area contributed by atoms with Crippen molar-refractivity contribution in [2.24, 2.45) is 0 Å². The number of thioether (sulfide) groups is 1. The molecule has 1 aromatic carbocycles. The summed E-state index contributed by atoms with van der Waals surface area (Å²) in [5.41, 5.74) is 0. The Morgan fingerprint density at radius 1 is 1.17 bits per heavy atom. The van der Waals surface area contributed by atoms with Crippen molar-refractivity contribution < 1.29 is 12.8 Å². The van der Waals surface area contributed by atoms with Crippen molar-refractivity contribution >= 4 is 32.6 Å². The van der Waals surface area contributed by atoms with Gasteiger partial charge in [0.05, 0.1) is 11.9 Å². The quantitative estimate of drug-likeness (QED) is 0.659. The number of hydrogen-bond acceptors (Lipinski definition) is 6. The number of rotatable bonds is 5. The third kappa shape index (κ3) is 3.24. The molecule has 3 rings (SSSR count). The van der Waals surface area contributed by atoms with Gasteiger partial charge in [-0.05, 0) is 12.1 Å². The molecule has 0 saturated heterocycles. The highest BCUT2D eigenvalue weighted by Crippen LogP contribution is 2.28. The zero-order chi connectivity index (χ0) is 16.4. The number of hydrogen-bond donors (Lipinski definition) is 0. The Morgan fingerprint density at radius 2 is 1.96 bits per heavy atom. The summed E-state index contributed by atoms with van der Waals surface area (Å²) in [6.45, 7) is 0. The van der Waals surface area contributed by atoms with E-state index in [2.05, 4.69) is 10.2 Å². The highest BCUT2D eigenvalue weighted by atomic mass is 32.2. The standard InChI is InChI=1S/C15H15N3O3S2/c1-18(2)23(19,20)14-8-7-12(21-14)10-22-15-13-6-4-3-5-11(13)9-16-17-15/h3-9H,10H2,1-2H3.